The van der Waals surface area contributed by atoms with E-state index in [1.165, 1.54) is 0 Å². The predicted molar refractivity (Wildman–Crippen MR) is 94.3 cm³/mol. The van der Waals surface area contributed by atoms with Crippen LogP contribution in [0.3, 0.4) is 0 Å². The van der Waals surface area contributed by atoms with Gasteiger partial charge >= 0.3 is 5.97 Å². The van der Waals surface area contributed by atoms with Crippen molar-refractivity contribution in [2.24, 2.45) is 16.7 Å². The lowest BCUT2D eigenvalue weighted by Crippen LogP contribution is -2.45. The van der Waals surface area contributed by atoms with E-state index in [1.807, 2.05) is 6.07 Å². The lowest BCUT2D eigenvalue weighted by Gasteiger charge is -2.39. The van der Waals surface area contributed by atoms with Crippen LogP contribution in [0.15, 0.2) is 11.8 Å². The molecule has 3 atom stereocenters. The Labute approximate surface area is 149 Å². The lowest BCUT2D eigenvalue weighted by atomic mass is 9.65. The van der Waals surface area contributed by atoms with Gasteiger partial charge in [0.15, 0.2) is 0 Å². The van der Waals surface area contributed by atoms with Crippen molar-refractivity contribution in [2.75, 3.05) is 6.54 Å². The number of nitriles is 1. The third-order valence-corrected chi connectivity index (χ3v) is 5.33. The second kappa shape index (κ2) is 6.70. The van der Waals surface area contributed by atoms with Crippen molar-refractivity contribution in [1.82, 2.24) is 10.2 Å². The van der Waals surface area contributed by atoms with E-state index < -0.39 is 17.9 Å². The minimum absolute atomic E-state index is 0.0270. The van der Waals surface area contributed by atoms with Crippen LogP contribution in [0.25, 0.3) is 0 Å². The summed E-state index contributed by atoms with van der Waals surface area (Å²) < 4.78 is 0. The van der Waals surface area contributed by atoms with Crippen molar-refractivity contribution < 1.29 is 14.7 Å². The number of fused-ring (bicyclic) bond motifs is 2. The monoisotopic (exact) mass is 347 g/mol. The summed E-state index contributed by atoms with van der Waals surface area (Å²) in [5.41, 5.74) is 0.420. The zero-order valence-corrected chi connectivity index (χ0v) is 15.8. The molecule has 1 heterocycles. The van der Waals surface area contributed by atoms with E-state index in [0.717, 1.165) is 25.8 Å². The van der Waals surface area contributed by atoms with Crippen molar-refractivity contribution in [3.05, 3.63) is 11.8 Å². The van der Waals surface area contributed by atoms with Gasteiger partial charge in [-0.25, -0.2) is 4.79 Å². The summed E-state index contributed by atoms with van der Waals surface area (Å²) in [7, 11) is 0. The molecule has 2 N–H and O–H groups in total. The van der Waals surface area contributed by atoms with E-state index in [1.54, 1.807) is 20.0 Å². The highest BCUT2D eigenvalue weighted by Gasteiger charge is 2.49. The summed E-state index contributed by atoms with van der Waals surface area (Å²) in [6, 6.07) is 1.26. The van der Waals surface area contributed by atoms with Crippen molar-refractivity contribution in [1.29, 1.82) is 5.26 Å². The molecule has 0 aromatic rings. The van der Waals surface area contributed by atoms with Gasteiger partial charge in [0.25, 0.3) is 5.91 Å². The van der Waals surface area contributed by atoms with Crippen LogP contribution < -0.4 is 5.32 Å². The number of hydrogen-bond donors (Lipinski definition) is 2. The Hall–Kier alpha value is -2.03. The first kappa shape index (κ1) is 19.3. The van der Waals surface area contributed by atoms with Crippen molar-refractivity contribution in [3.8, 4) is 6.07 Å². The van der Waals surface area contributed by atoms with Crippen LogP contribution in [-0.2, 0) is 9.59 Å². The van der Waals surface area contributed by atoms with Crippen LogP contribution in [-0.4, -0.2) is 40.5 Å². The third kappa shape index (κ3) is 4.33. The summed E-state index contributed by atoms with van der Waals surface area (Å²) in [4.78, 5) is 25.8. The Morgan fingerprint density at radius 1 is 1.32 bits per heavy atom. The number of carboxylic acids is 1. The van der Waals surface area contributed by atoms with Crippen LogP contribution in [0.1, 0.15) is 53.9 Å². The van der Waals surface area contributed by atoms with Gasteiger partial charge in [0.1, 0.15) is 17.7 Å². The molecule has 3 unspecified atom stereocenters. The van der Waals surface area contributed by atoms with E-state index in [-0.39, 0.29) is 22.3 Å². The summed E-state index contributed by atoms with van der Waals surface area (Å²) in [5.74, 6) is -1.96. The number of carbonyl (C=O) groups excluding carboxylic acids is 1. The van der Waals surface area contributed by atoms with Gasteiger partial charge in [-0.15, -0.1) is 0 Å². The van der Waals surface area contributed by atoms with Crippen LogP contribution in [0.2, 0.25) is 0 Å². The molecule has 0 aromatic heterocycles. The van der Waals surface area contributed by atoms with Gasteiger partial charge in [0.2, 0.25) is 0 Å². The molecule has 25 heavy (non-hydrogen) atoms. The third-order valence-electron chi connectivity index (χ3n) is 5.33. The SMILES string of the molecule is CC(C)C(NC(=O)/C(C#N)=C\N1CC2(C)CC1CC(C)(C)C2)C(=O)O. The Balaban J connectivity index is 2.17. The number of nitrogens with one attached hydrogen (secondary N) is 1. The number of aliphatic carboxylic acids is 1. The normalized spacial score (nSPS) is 29.2. The fourth-order valence-corrected chi connectivity index (χ4v) is 4.69. The Kier molecular flexibility index (Phi) is 5.17. The first-order chi connectivity index (χ1) is 11.5. The number of hydrogen-bond acceptors (Lipinski definition) is 4. The minimum atomic E-state index is -1.09. The summed E-state index contributed by atoms with van der Waals surface area (Å²) >= 11 is 0. The molecule has 2 rings (SSSR count). The van der Waals surface area contributed by atoms with E-state index in [0.29, 0.717) is 6.04 Å². The summed E-state index contributed by atoms with van der Waals surface area (Å²) in [6.07, 6.45) is 4.86. The molecule has 2 bridgehead atoms. The molecule has 6 heteroatoms. The molecule has 1 amide bonds. The largest absolute Gasteiger partial charge is 0.480 e. The van der Waals surface area contributed by atoms with Gasteiger partial charge in [-0.2, -0.15) is 5.26 Å². The summed E-state index contributed by atoms with van der Waals surface area (Å²) in [6.45, 7) is 11.1. The Bertz CT molecular complexity index is 632. The van der Waals surface area contributed by atoms with Crippen molar-refractivity contribution in [3.63, 3.8) is 0 Å². The molecular formula is C19H29N3O3. The van der Waals surface area contributed by atoms with E-state index in [2.05, 4.69) is 31.0 Å². The number of carbonyl (C=O) groups is 2. The predicted octanol–water partition coefficient (Wildman–Crippen LogP) is 2.52. The second-order valence-electron chi connectivity index (χ2n) is 9.07. The molecule has 2 fully saturated rings. The van der Waals surface area contributed by atoms with Crippen LogP contribution >= 0.6 is 0 Å². The van der Waals surface area contributed by atoms with Crippen molar-refractivity contribution >= 4 is 11.9 Å². The topological polar surface area (TPSA) is 93.4 Å². The lowest BCUT2D eigenvalue weighted by molar-refractivity contribution is -0.142. The van der Waals surface area contributed by atoms with E-state index in [4.69, 9.17) is 0 Å². The summed E-state index contributed by atoms with van der Waals surface area (Å²) in [5, 5.41) is 21.1. The molecule has 6 nitrogen and oxygen atoms in total. The molecule has 0 aromatic carbocycles. The molecule has 1 saturated heterocycles. The van der Waals surface area contributed by atoms with E-state index >= 15 is 0 Å². The maximum absolute atomic E-state index is 12.4. The van der Waals surface area contributed by atoms with Crippen LogP contribution in [0, 0.1) is 28.1 Å². The maximum atomic E-state index is 12.4. The van der Waals surface area contributed by atoms with Gasteiger partial charge in [0.05, 0.1) is 0 Å². The highest BCUT2D eigenvalue weighted by atomic mass is 16.4. The van der Waals surface area contributed by atoms with Crippen LogP contribution in [0.5, 0.6) is 0 Å². The molecule has 138 valence electrons. The van der Waals surface area contributed by atoms with Gasteiger partial charge in [0, 0.05) is 18.8 Å². The first-order valence-corrected chi connectivity index (χ1v) is 8.88. The van der Waals surface area contributed by atoms with Gasteiger partial charge < -0.3 is 15.3 Å². The molecule has 1 saturated carbocycles. The molecule has 0 radical (unpaired) electrons. The number of carboxylic acid groups (broad SMARTS) is 1. The fraction of sp³-hybridized carbons (Fsp3) is 0.737. The standard InChI is InChI=1S/C19H29N3O3/c1-12(2)15(17(24)25)21-16(23)13(8-20)9-22-11-19(5)7-14(22)6-18(3,4)10-19/h9,12,14-15H,6-7,10-11H2,1-5H3,(H,21,23)(H,24,25)/b13-9-. The van der Waals surface area contributed by atoms with Crippen molar-refractivity contribution in [2.45, 2.75) is 66.0 Å². The van der Waals surface area contributed by atoms with E-state index in [9.17, 15) is 20.0 Å². The average molecular weight is 347 g/mol. The van der Waals surface area contributed by atoms with Gasteiger partial charge in [-0.05, 0) is 36.0 Å². The molecule has 2 aliphatic rings. The first-order valence-electron chi connectivity index (χ1n) is 8.88. The number of nitrogens with zero attached hydrogens (tertiary/aromatic N) is 2. The molecule has 1 aliphatic heterocycles. The molecular weight excluding hydrogens is 318 g/mol. The smallest absolute Gasteiger partial charge is 0.326 e. The fourth-order valence-electron chi connectivity index (χ4n) is 4.69. The average Bonchev–Trinajstić information content (AvgIpc) is 2.69. The number of rotatable bonds is 5. The zero-order chi connectivity index (χ0) is 19.0. The number of amides is 1. The highest BCUT2D eigenvalue weighted by Crippen LogP contribution is 2.52. The maximum Gasteiger partial charge on any atom is 0.326 e. The Morgan fingerprint density at radius 3 is 2.48 bits per heavy atom. The Morgan fingerprint density at radius 2 is 1.96 bits per heavy atom. The minimum Gasteiger partial charge on any atom is -0.480 e. The highest BCUT2D eigenvalue weighted by molar-refractivity contribution is 5.99. The quantitative estimate of drug-likeness (QED) is 0.589. The van der Waals surface area contributed by atoms with Crippen LogP contribution in [0.4, 0.5) is 0 Å². The molecule has 1 aliphatic carbocycles. The van der Waals surface area contributed by atoms with Gasteiger partial charge in [-0.3, -0.25) is 4.79 Å². The second-order valence-corrected chi connectivity index (χ2v) is 9.07. The molecule has 0 spiro atoms. The number of likely N-dealkylation sites (tertiary alicyclic amines) is 1. The van der Waals surface area contributed by atoms with Gasteiger partial charge in [-0.1, -0.05) is 34.6 Å². The zero-order valence-electron chi connectivity index (χ0n) is 15.8.